The molecule has 0 radical (unpaired) electrons. The lowest BCUT2D eigenvalue weighted by Crippen LogP contribution is -2.54. The molecule has 0 aromatic heterocycles. The zero-order chi connectivity index (χ0) is 13.8. The number of rotatable bonds is 4. The molecule has 19 heavy (non-hydrogen) atoms. The van der Waals surface area contributed by atoms with Gasteiger partial charge in [-0.2, -0.15) is 0 Å². The van der Waals surface area contributed by atoms with Crippen LogP contribution in [0.1, 0.15) is 26.2 Å². The van der Waals surface area contributed by atoms with Gasteiger partial charge in [0.1, 0.15) is 0 Å². The van der Waals surface area contributed by atoms with Crippen molar-refractivity contribution in [1.29, 1.82) is 0 Å². The van der Waals surface area contributed by atoms with Gasteiger partial charge in [0.25, 0.3) is 0 Å². The van der Waals surface area contributed by atoms with E-state index in [0.29, 0.717) is 0 Å². The second kappa shape index (κ2) is 6.34. The average molecular weight is 269 g/mol. The predicted molar refractivity (Wildman–Crippen MR) is 70.9 cm³/mol. The highest BCUT2D eigenvalue weighted by molar-refractivity contribution is 5.82. The Morgan fingerprint density at radius 2 is 2.00 bits per heavy atom. The summed E-state index contributed by atoms with van der Waals surface area (Å²) in [4.78, 5) is 27.3. The molecule has 0 spiro atoms. The lowest BCUT2D eigenvalue weighted by Gasteiger charge is -2.35. The van der Waals surface area contributed by atoms with Crippen molar-refractivity contribution >= 4 is 11.9 Å². The second-order valence-corrected chi connectivity index (χ2v) is 5.42. The molecule has 6 nitrogen and oxygen atoms in total. The van der Waals surface area contributed by atoms with Crippen LogP contribution in [-0.4, -0.2) is 71.6 Å². The van der Waals surface area contributed by atoms with Gasteiger partial charge in [0.05, 0.1) is 12.5 Å². The van der Waals surface area contributed by atoms with E-state index >= 15 is 0 Å². The van der Waals surface area contributed by atoms with E-state index in [4.69, 9.17) is 5.11 Å². The van der Waals surface area contributed by atoms with Gasteiger partial charge in [-0.3, -0.25) is 14.5 Å². The summed E-state index contributed by atoms with van der Waals surface area (Å²) in [6, 6.07) is -0.190. The summed E-state index contributed by atoms with van der Waals surface area (Å²) >= 11 is 0. The first-order chi connectivity index (χ1) is 9.09. The third-order valence-electron chi connectivity index (χ3n) is 4.04. The van der Waals surface area contributed by atoms with Gasteiger partial charge in [-0.05, 0) is 26.3 Å². The van der Waals surface area contributed by atoms with Crippen molar-refractivity contribution in [1.82, 2.24) is 15.1 Å². The van der Waals surface area contributed by atoms with Crippen LogP contribution in [-0.2, 0) is 9.59 Å². The minimum Gasteiger partial charge on any atom is -0.481 e. The van der Waals surface area contributed by atoms with Crippen molar-refractivity contribution in [3.8, 4) is 0 Å². The number of hydrogen-bond donors (Lipinski definition) is 2. The number of likely N-dealkylation sites (tertiary alicyclic amines) is 1. The van der Waals surface area contributed by atoms with Gasteiger partial charge >= 0.3 is 5.97 Å². The van der Waals surface area contributed by atoms with E-state index in [1.165, 1.54) is 0 Å². The summed E-state index contributed by atoms with van der Waals surface area (Å²) in [7, 11) is 0. The number of aliphatic carboxylic acids is 1. The quantitative estimate of drug-likeness (QED) is 0.736. The molecular formula is C13H23N3O3. The molecule has 2 N–H and O–H groups in total. The molecule has 0 aromatic carbocycles. The van der Waals surface area contributed by atoms with Gasteiger partial charge in [-0.15, -0.1) is 0 Å². The van der Waals surface area contributed by atoms with Gasteiger partial charge in [-0.25, -0.2) is 0 Å². The maximum Gasteiger partial charge on any atom is 0.304 e. The Morgan fingerprint density at radius 3 is 2.63 bits per heavy atom. The van der Waals surface area contributed by atoms with Crippen molar-refractivity contribution in [2.75, 3.05) is 32.7 Å². The zero-order valence-corrected chi connectivity index (χ0v) is 11.5. The smallest absolute Gasteiger partial charge is 0.304 e. The second-order valence-electron chi connectivity index (χ2n) is 5.42. The third kappa shape index (κ3) is 3.45. The average Bonchev–Trinajstić information content (AvgIpc) is 2.87. The molecule has 2 aliphatic rings. The number of nitrogens with one attached hydrogen (secondary N) is 1. The molecular weight excluding hydrogens is 246 g/mol. The SMILES string of the molecule is CC(CC(=O)O)N1CCCC1C(=O)N1CCNCC1. The highest BCUT2D eigenvalue weighted by atomic mass is 16.4. The van der Waals surface area contributed by atoms with E-state index in [-0.39, 0.29) is 24.4 Å². The fourth-order valence-electron chi connectivity index (χ4n) is 3.05. The number of carbonyl (C=O) groups is 2. The van der Waals surface area contributed by atoms with Gasteiger partial charge in [0, 0.05) is 32.2 Å². The first-order valence-corrected chi connectivity index (χ1v) is 7.06. The van der Waals surface area contributed by atoms with Crippen LogP contribution in [0.25, 0.3) is 0 Å². The summed E-state index contributed by atoms with van der Waals surface area (Å²) in [5.74, 6) is -0.621. The molecule has 1 amide bonds. The van der Waals surface area contributed by atoms with Crippen molar-refractivity contribution in [3.05, 3.63) is 0 Å². The molecule has 0 bridgehead atoms. The van der Waals surface area contributed by atoms with E-state index < -0.39 is 5.97 Å². The summed E-state index contributed by atoms with van der Waals surface area (Å²) < 4.78 is 0. The number of carboxylic acids is 1. The van der Waals surface area contributed by atoms with Crippen LogP contribution in [0.4, 0.5) is 0 Å². The minimum absolute atomic E-state index is 0.0723. The van der Waals surface area contributed by atoms with E-state index in [1.807, 2.05) is 11.8 Å². The molecule has 2 fully saturated rings. The molecule has 2 saturated heterocycles. The Labute approximate surface area is 113 Å². The van der Waals surface area contributed by atoms with Gasteiger partial charge in [-0.1, -0.05) is 0 Å². The number of carbonyl (C=O) groups excluding carboxylic acids is 1. The van der Waals surface area contributed by atoms with Gasteiger partial charge < -0.3 is 15.3 Å². The molecule has 0 aliphatic carbocycles. The topological polar surface area (TPSA) is 72.9 Å². The molecule has 6 heteroatoms. The highest BCUT2D eigenvalue weighted by Gasteiger charge is 2.36. The maximum atomic E-state index is 12.5. The molecule has 0 aromatic rings. The number of nitrogens with zero attached hydrogens (tertiary/aromatic N) is 2. The Bertz CT molecular complexity index is 342. The molecule has 2 heterocycles. The predicted octanol–water partition coefficient (Wildman–Crippen LogP) is -0.254. The van der Waals surface area contributed by atoms with Crippen LogP contribution in [0, 0.1) is 0 Å². The van der Waals surface area contributed by atoms with E-state index in [2.05, 4.69) is 10.2 Å². The maximum absolute atomic E-state index is 12.5. The fourth-order valence-corrected chi connectivity index (χ4v) is 3.05. The third-order valence-corrected chi connectivity index (χ3v) is 4.04. The number of hydrogen-bond acceptors (Lipinski definition) is 4. The Morgan fingerprint density at radius 1 is 1.32 bits per heavy atom. The Balaban J connectivity index is 1.97. The van der Waals surface area contributed by atoms with Crippen LogP contribution >= 0.6 is 0 Å². The van der Waals surface area contributed by atoms with Crippen LogP contribution in [0.2, 0.25) is 0 Å². The van der Waals surface area contributed by atoms with Crippen molar-refractivity contribution < 1.29 is 14.7 Å². The molecule has 0 saturated carbocycles. The number of amides is 1. The largest absolute Gasteiger partial charge is 0.481 e. The lowest BCUT2D eigenvalue weighted by atomic mass is 10.1. The van der Waals surface area contributed by atoms with Crippen LogP contribution < -0.4 is 5.32 Å². The zero-order valence-electron chi connectivity index (χ0n) is 11.5. The number of carboxylic acid groups (broad SMARTS) is 1. The van der Waals surface area contributed by atoms with Crippen molar-refractivity contribution in [3.63, 3.8) is 0 Å². The van der Waals surface area contributed by atoms with E-state index in [9.17, 15) is 9.59 Å². The Kier molecular flexibility index (Phi) is 4.76. The van der Waals surface area contributed by atoms with Gasteiger partial charge in [0.2, 0.25) is 5.91 Å². The van der Waals surface area contributed by atoms with Crippen LogP contribution in [0.15, 0.2) is 0 Å². The summed E-state index contributed by atoms with van der Waals surface area (Å²) in [6.07, 6.45) is 1.94. The van der Waals surface area contributed by atoms with Crippen LogP contribution in [0.5, 0.6) is 0 Å². The molecule has 2 atom stereocenters. The van der Waals surface area contributed by atoms with Crippen LogP contribution in [0.3, 0.4) is 0 Å². The summed E-state index contributed by atoms with van der Waals surface area (Å²) in [6.45, 7) is 5.95. The normalized spacial score (nSPS) is 26.4. The van der Waals surface area contributed by atoms with E-state index in [0.717, 1.165) is 45.6 Å². The summed E-state index contributed by atoms with van der Waals surface area (Å²) in [5.41, 5.74) is 0. The first-order valence-electron chi connectivity index (χ1n) is 7.06. The lowest BCUT2D eigenvalue weighted by molar-refractivity contribution is -0.141. The molecule has 2 rings (SSSR count). The monoisotopic (exact) mass is 269 g/mol. The highest BCUT2D eigenvalue weighted by Crippen LogP contribution is 2.23. The van der Waals surface area contributed by atoms with Crippen molar-refractivity contribution in [2.45, 2.75) is 38.3 Å². The van der Waals surface area contributed by atoms with Crippen molar-refractivity contribution in [2.24, 2.45) is 0 Å². The number of piperazine rings is 1. The summed E-state index contributed by atoms with van der Waals surface area (Å²) in [5, 5.41) is 12.1. The van der Waals surface area contributed by atoms with E-state index in [1.54, 1.807) is 0 Å². The fraction of sp³-hybridized carbons (Fsp3) is 0.846. The first kappa shape index (κ1) is 14.3. The Hall–Kier alpha value is -1.14. The molecule has 108 valence electrons. The molecule has 2 unspecified atom stereocenters. The minimum atomic E-state index is -0.798. The molecule has 2 aliphatic heterocycles. The standard InChI is InChI=1S/C13H23N3O3/c1-10(9-12(17)18)16-6-2-3-11(16)13(19)15-7-4-14-5-8-15/h10-11,14H,2-9H2,1H3,(H,17,18). The van der Waals surface area contributed by atoms with Gasteiger partial charge in [0.15, 0.2) is 0 Å².